The maximum atomic E-state index is 13.8. The molecular weight excluding hydrogens is 562 g/mol. The van der Waals surface area contributed by atoms with Crippen LogP contribution in [0.3, 0.4) is 0 Å². The number of hydrogen-bond acceptors (Lipinski definition) is 6. The van der Waals surface area contributed by atoms with Gasteiger partial charge in [-0.1, -0.05) is 45.8 Å². The fourth-order valence-electron chi connectivity index (χ4n) is 6.22. The maximum absolute atomic E-state index is 13.8. The first-order valence-electron chi connectivity index (χ1n) is 15.3. The highest BCUT2D eigenvalue weighted by Gasteiger charge is 2.61. The molecule has 2 saturated heterocycles. The van der Waals surface area contributed by atoms with Crippen molar-refractivity contribution in [3.05, 3.63) is 12.2 Å². The Morgan fingerprint density at radius 3 is 2.55 bits per heavy atom. The number of fused-ring (bicyclic) bond motifs is 2. The topological polar surface area (TPSA) is 165 Å². The Hall–Kier alpha value is -2.67. The second-order valence-corrected chi connectivity index (χ2v) is 15.4. The number of carbonyl (C=O) groups is 4. The van der Waals surface area contributed by atoms with Crippen LogP contribution in [0.15, 0.2) is 12.2 Å². The standard InChI is InChI=1S/C29H47N5O7S/c1-28(2,3)23(19-33-15-9-10-17-42(33,40)41)31-27(39)30-21-13-8-6-4-5-7-12-20-18-29(20,26(37)38)32-24(35)22-14-11-16-34(22)25(21)36/h7,12,20-23H,4-6,8-11,13-19H2,1-3H3,(H,32,35)(H,37,38)(H2,30,31,39)/b12-7-/t20?,21-,22-,23?,29?/m0/s1. The molecule has 1 aliphatic carbocycles. The Kier molecular flexibility index (Phi) is 9.91. The average molecular weight is 610 g/mol. The number of nitrogens with one attached hydrogen (secondary N) is 3. The van der Waals surface area contributed by atoms with E-state index in [4.69, 9.17) is 0 Å². The fraction of sp³-hybridized carbons (Fsp3) is 0.793. The second kappa shape index (κ2) is 12.9. The van der Waals surface area contributed by atoms with Crippen LogP contribution in [0.5, 0.6) is 0 Å². The van der Waals surface area contributed by atoms with Crippen molar-refractivity contribution < 1.29 is 32.7 Å². The molecule has 12 nitrogen and oxygen atoms in total. The van der Waals surface area contributed by atoms with Gasteiger partial charge in [0.05, 0.1) is 5.75 Å². The van der Waals surface area contributed by atoms with Crippen LogP contribution in [0.25, 0.3) is 0 Å². The van der Waals surface area contributed by atoms with Gasteiger partial charge in [-0.3, -0.25) is 9.59 Å². The first-order valence-corrected chi connectivity index (χ1v) is 16.9. The van der Waals surface area contributed by atoms with Crippen molar-refractivity contribution in [1.29, 1.82) is 0 Å². The molecule has 3 aliphatic heterocycles. The van der Waals surface area contributed by atoms with Crippen molar-refractivity contribution in [2.24, 2.45) is 11.3 Å². The molecule has 13 heteroatoms. The predicted molar refractivity (Wildman–Crippen MR) is 157 cm³/mol. The molecule has 0 bridgehead atoms. The quantitative estimate of drug-likeness (QED) is 0.346. The number of rotatable bonds is 5. The molecule has 236 valence electrons. The highest BCUT2D eigenvalue weighted by Crippen LogP contribution is 2.45. The van der Waals surface area contributed by atoms with Crippen LogP contribution >= 0.6 is 0 Å². The van der Waals surface area contributed by atoms with E-state index >= 15 is 0 Å². The summed E-state index contributed by atoms with van der Waals surface area (Å²) in [4.78, 5) is 54.0. The lowest BCUT2D eigenvalue weighted by molar-refractivity contribution is -0.145. The van der Waals surface area contributed by atoms with E-state index in [1.807, 2.05) is 32.9 Å². The molecule has 5 atom stereocenters. The number of carboxylic acid groups (broad SMARTS) is 1. The summed E-state index contributed by atoms with van der Waals surface area (Å²) >= 11 is 0. The van der Waals surface area contributed by atoms with Crippen LogP contribution in [-0.2, 0) is 24.4 Å². The third-order valence-corrected chi connectivity index (χ3v) is 11.0. The highest BCUT2D eigenvalue weighted by molar-refractivity contribution is 7.89. The van der Waals surface area contributed by atoms with Gasteiger partial charge in [-0.2, -0.15) is 4.31 Å². The minimum Gasteiger partial charge on any atom is -0.479 e. The lowest BCUT2D eigenvalue weighted by Crippen LogP contribution is -2.59. The number of nitrogens with zero attached hydrogens (tertiary/aromatic N) is 2. The summed E-state index contributed by atoms with van der Waals surface area (Å²) in [6, 6.07) is -2.74. The zero-order valence-corrected chi connectivity index (χ0v) is 25.9. The lowest BCUT2D eigenvalue weighted by atomic mass is 9.86. The SMILES string of the molecule is CC(C)(C)C(CN1CCCCS1(=O)=O)NC(=O)N[C@H]1CCCCC/C=C\C2CC2(C(=O)O)NC(=O)[C@@H]2CCCN2C1=O. The highest BCUT2D eigenvalue weighted by atomic mass is 32.2. The number of aliphatic carboxylic acids is 1. The first kappa shape index (κ1) is 32.2. The smallest absolute Gasteiger partial charge is 0.330 e. The third kappa shape index (κ3) is 7.45. The molecule has 0 radical (unpaired) electrons. The van der Waals surface area contributed by atoms with Crippen LogP contribution in [0.4, 0.5) is 4.79 Å². The summed E-state index contributed by atoms with van der Waals surface area (Å²) in [5.41, 5.74) is -1.80. The van der Waals surface area contributed by atoms with Gasteiger partial charge in [0.2, 0.25) is 21.8 Å². The molecule has 42 heavy (non-hydrogen) atoms. The van der Waals surface area contributed by atoms with Gasteiger partial charge < -0.3 is 26.0 Å². The van der Waals surface area contributed by atoms with Crippen molar-refractivity contribution in [3.8, 4) is 0 Å². The summed E-state index contributed by atoms with van der Waals surface area (Å²) in [5, 5.41) is 18.4. The normalized spacial score (nSPS) is 32.3. The maximum Gasteiger partial charge on any atom is 0.330 e. The molecule has 3 fully saturated rings. The Morgan fingerprint density at radius 1 is 1.10 bits per heavy atom. The van der Waals surface area contributed by atoms with Gasteiger partial charge in [-0.25, -0.2) is 18.0 Å². The van der Waals surface area contributed by atoms with Crippen LogP contribution in [0, 0.1) is 11.3 Å². The van der Waals surface area contributed by atoms with Gasteiger partial charge >= 0.3 is 12.0 Å². The van der Waals surface area contributed by atoms with Crippen molar-refractivity contribution in [2.75, 3.05) is 25.4 Å². The molecular formula is C29H47N5O7S. The Bertz CT molecular complexity index is 1180. The van der Waals surface area contributed by atoms with Crippen LogP contribution in [0.1, 0.15) is 85.0 Å². The van der Waals surface area contributed by atoms with E-state index in [2.05, 4.69) is 16.0 Å². The minimum atomic E-state index is -3.39. The lowest BCUT2D eigenvalue weighted by Gasteiger charge is -2.37. The number of urea groups is 1. The molecule has 4 amide bonds. The number of carbonyl (C=O) groups excluding carboxylic acids is 3. The molecule has 3 heterocycles. The van der Waals surface area contributed by atoms with Gasteiger partial charge in [-0.15, -0.1) is 0 Å². The molecule has 0 aromatic rings. The van der Waals surface area contributed by atoms with E-state index in [0.717, 1.165) is 25.7 Å². The van der Waals surface area contributed by atoms with Crippen molar-refractivity contribution >= 4 is 33.8 Å². The summed E-state index contributed by atoms with van der Waals surface area (Å²) in [6.07, 6.45) is 10.1. The molecule has 0 spiro atoms. The molecule has 4 aliphatic rings. The monoisotopic (exact) mass is 609 g/mol. The van der Waals surface area contributed by atoms with Crippen LogP contribution in [-0.4, -0.2) is 95.6 Å². The van der Waals surface area contributed by atoms with Crippen LogP contribution in [0.2, 0.25) is 0 Å². The van der Waals surface area contributed by atoms with E-state index < -0.39 is 57.0 Å². The molecule has 1 saturated carbocycles. The summed E-state index contributed by atoms with van der Waals surface area (Å²) in [5.74, 6) is -2.09. The summed E-state index contributed by atoms with van der Waals surface area (Å²) in [6.45, 7) is 6.69. The minimum absolute atomic E-state index is 0.0985. The number of allylic oxidation sites excluding steroid dienone is 1. The summed E-state index contributed by atoms with van der Waals surface area (Å²) < 4.78 is 26.7. The predicted octanol–water partition coefficient (Wildman–Crippen LogP) is 1.97. The third-order valence-electron chi connectivity index (χ3n) is 9.11. The van der Waals surface area contributed by atoms with Gasteiger partial charge in [0.1, 0.15) is 17.6 Å². The zero-order valence-electron chi connectivity index (χ0n) is 25.1. The van der Waals surface area contributed by atoms with Gasteiger partial charge in [0, 0.05) is 31.6 Å². The van der Waals surface area contributed by atoms with Crippen molar-refractivity contribution in [1.82, 2.24) is 25.2 Å². The van der Waals surface area contributed by atoms with E-state index in [9.17, 15) is 32.7 Å². The Balaban J connectivity index is 1.49. The van der Waals surface area contributed by atoms with Crippen molar-refractivity contribution in [2.45, 2.75) is 109 Å². The number of amides is 4. The second-order valence-electron chi connectivity index (χ2n) is 13.3. The molecule has 0 aromatic heterocycles. The molecule has 4 N–H and O–H groups in total. The first-order chi connectivity index (χ1) is 19.7. The van der Waals surface area contributed by atoms with E-state index in [1.54, 1.807) is 0 Å². The Morgan fingerprint density at radius 2 is 1.86 bits per heavy atom. The number of hydrogen-bond donors (Lipinski definition) is 4. The van der Waals surface area contributed by atoms with Crippen LogP contribution < -0.4 is 16.0 Å². The molecule has 3 unspecified atom stereocenters. The summed E-state index contributed by atoms with van der Waals surface area (Å²) in [7, 11) is -3.39. The fourth-order valence-corrected chi connectivity index (χ4v) is 7.83. The number of carboxylic acids is 1. The average Bonchev–Trinajstić information content (AvgIpc) is 3.37. The molecule has 0 aromatic carbocycles. The zero-order chi connectivity index (χ0) is 30.7. The van der Waals surface area contributed by atoms with Gasteiger partial charge in [-0.05, 0) is 56.8 Å². The Labute approximate surface area is 249 Å². The van der Waals surface area contributed by atoms with Gasteiger partial charge in [0.25, 0.3) is 0 Å². The van der Waals surface area contributed by atoms with Gasteiger partial charge in [0.15, 0.2) is 0 Å². The largest absolute Gasteiger partial charge is 0.479 e. The van der Waals surface area contributed by atoms with Crippen molar-refractivity contribution in [3.63, 3.8) is 0 Å². The van der Waals surface area contributed by atoms with E-state index in [-0.39, 0.29) is 24.1 Å². The van der Waals surface area contributed by atoms with E-state index in [0.29, 0.717) is 51.6 Å². The van der Waals surface area contributed by atoms with E-state index in [1.165, 1.54) is 9.21 Å². The number of sulfonamides is 1. The molecule has 4 rings (SSSR count).